The number of hydrogen-bond donors (Lipinski definition) is 0. The molecule has 4 rings (SSSR count). The van der Waals surface area contributed by atoms with Crippen LogP contribution in [0.5, 0.6) is 0 Å². The lowest BCUT2D eigenvalue weighted by Crippen LogP contribution is -2.43. The monoisotopic (exact) mass is 341 g/mol. The van der Waals surface area contributed by atoms with Crippen LogP contribution < -0.4 is 0 Å². The summed E-state index contributed by atoms with van der Waals surface area (Å²) in [6.07, 6.45) is 7.73. The van der Waals surface area contributed by atoms with Gasteiger partial charge in [-0.2, -0.15) is 0 Å². The van der Waals surface area contributed by atoms with E-state index in [1.54, 1.807) is 6.20 Å². The zero-order valence-electron chi connectivity index (χ0n) is 14.3. The summed E-state index contributed by atoms with van der Waals surface area (Å²) in [4.78, 5) is 19.0. The van der Waals surface area contributed by atoms with Crippen LogP contribution in [0.4, 0.5) is 0 Å². The highest BCUT2D eigenvalue weighted by molar-refractivity contribution is 5.94. The lowest BCUT2D eigenvalue weighted by molar-refractivity contribution is -0.00813. The Morgan fingerprint density at radius 3 is 3.08 bits per heavy atom. The Morgan fingerprint density at radius 1 is 1.28 bits per heavy atom. The standard InChI is InChI=1S/C19H23N3O3/c23-19(18-16-8-1-2-9-17(16)25-21-18)22-11-5-7-15(12-22)24-13-14-6-3-4-10-20-14/h3-4,6,10,15H,1-2,5,7-9,11-13H2/t15-/m0/s1. The van der Waals surface area contributed by atoms with Gasteiger partial charge in [0, 0.05) is 31.3 Å². The first-order valence-electron chi connectivity index (χ1n) is 9.09. The van der Waals surface area contributed by atoms with Gasteiger partial charge in [-0.3, -0.25) is 9.78 Å². The molecule has 0 unspecified atom stereocenters. The molecular formula is C19H23N3O3. The minimum Gasteiger partial charge on any atom is -0.370 e. The molecule has 0 N–H and O–H groups in total. The third-order valence-corrected chi connectivity index (χ3v) is 5.01. The summed E-state index contributed by atoms with van der Waals surface area (Å²) in [6, 6.07) is 5.80. The summed E-state index contributed by atoms with van der Waals surface area (Å²) < 4.78 is 11.4. The van der Waals surface area contributed by atoms with Crippen molar-refractivity contribution in [2.45, 2.75) is 51.2 Å². The molecule has 1 saturated heterocycles. The second-order valence-corrected chi connectivity index (χ2v) is 6.79. The van der Waals surface area contributed by atoms with Crippen molar-refractivity contribution < 1.29 is 14.1 Å². The molecule has 0 saturated carbocycles. The van der Waals surface area contributed by atoms with E-state index in [4.69, 9.17) is 9.26 Å². The van der Waals surface area contributed by atoms with Gasteiger partial charge < -0.3 is 14.2 Å². The highest BCUT2D eigenvalue weighted by Crippen LogP contribution is 2.26. The fraction of sp³-hybridized carbons (Fsp3) is 0.526. The maximum atomic E-state index is 12.9. The Bertz CT molecular complexity index is 729. The van der Waals surface area contributed by atoms with E-state index in [9.17, 15) is 4.79 Å². The molecule has 3 heterocycles. The number of fused-ring (bicyclic) bond motifs is 1. The molecular weight excluding hydrogens is 318 g/mol. The number of amides is 1. The molecule has 1 aliphatic carbocycles. The van der Waals surface area contributed by atoms with E-state index in [1.165, 1.54) is 0 Å². The average Bonchev–Trinajstić information content (AvgIpc) is 3.11. The van der Waals surface area contributed by atoms with Gasteiger partial charge in [0.2, 0.25) is 0 Å². The van der Waals surface area contributed by atoms with Crippen molar-refractivity contribution in [2.24, 2.45) is 0 Å². The fourth-order valence-electron chi connectivity index (χ4n) is 3.65. The Morgan fingerprint density at radius 2 is 2.20 bits per heavy atom. The molecule has 6 heteroatoms. The van der Waals surface area contributed by atoms with Crippen molar-refractivity contribution in [1.29, 1.82) is 0 Å². The lowest BCUT2D eigenvalue weighted by Gasteiger charge is -2.32. The van der Waals surface area contributed by atoms with Gasteiger partial charge >= 0.3 is 0 Å². The number of rotatable bonds is 4. The first-order chi connectivity index (χ1) is 12.3. The van der Waals surface area contributed by atoms with Crippen LogP contribution in [0.15, 0.2) is 28.9 Å². The summed E-state index contributed by atoms with van der Waals surface area (Å²) in [6.45, 7) is 1.84. The van der Waals surface area contributed by atoms with Gasteiger partial charge in [0.25, 0.3) is 5.91 Å². The molecule has 1 aliphatic heterocycles. The SMILES string of the molecule is O=C(c1noc2c1CCCC2)N1CCC[C@H](OCc2ccccn2)C1. The highest BCUT2D eigenvalue weighted by atomic mass is 16.5. The minimum absolute atomic E-state index is 0.0157. The predicted molar refractivity (Wildman–Crippen MR) is 91.1 cm³/mol. The third kappa shape index (κ3) is 3.58. The van der Waals surface area contributed by atoms with Gasteiger partial charge in [0.15, 0.2) is 5.69 Å². The topological polar surface area (TPSA) is 68.5 Å². The molecule has 132 valence electrons. The third-order valence-electron chi connectivity index (χ3n) is 5.01. The zero-order chi connectivity index (χ0) is 17.1. The summed E-state index contributed by atoms with van der Waals surface area (Å²) in [5, 5.41) is 4.07. The molecule has 6 nitrogen and oxygen atoms in total. The Labute approximate surface area is 147 Å². The number of hydrogen-bond acceptors (Lipinski definition) is 5. The summed E-state index contributed by atoms with van der Waals surface area (Å²) in [7, 11) is 0. The number of aryl methyl sites for hydroxylation is 1. The van der Waals surface area contributed by atoms with Gasteiger partial charge in [-0.15, -0.1) is 0 Å². The van der Waals surface area contributed by atoms with Gasteiger partial charge in [-0.05, 0) is 44.2 Å². The van der Waals surface area contributed by atoms with Crippen molar-refractivity contribution in [3.63, 3.8) is 0 Å². The van der Waals surface area contributed by atoms with Gasteiger partial charge in [-0.1, -0.05) is 11.2 Å². The van der Waals surface area contributed by atoms with E-state index in [-0.39, 0.29) is 12.0 Å². The van der Waals surface area contributed by atoms with Crippen LogP contribution in [0.1, 0.15) is 53.2 Å². The normalized spacial score (nSPS) is 20.3. The summed E-state index contributed by atoms with van der Waals surface area (Å²) in [5.74, 6) is 0.882. The van der Waals surface area contributed by atoms with Crippen LogP contribution in [0, 0.1) is 0 Å². The van der Waals surface area contributed by atoms with Crippen LogP contribution in [0.3, 0.4) is 0 Å². The highest BCUT2D eigenvalue weighted by Gasteiger charge is 2.30. The van der Waals surface area contributed by atoms with Crippen LogP contribution in [-0.2, 0) is 24.2 Å². The quantitative estimate of drug-likeness (QED) is 0.855. The summed E-state index contributed by atoms with van der Waals surface area (Å²) >= 11 is 0. The van der Waals surface area contributed by atoms with Crippen LogP contribution in [-0.4, -0.2) is 40.1 Å². The van der Waals surface area contributed by atoms with Crippen molar-refractivity contribution in [3.8, 4) is 0 Å². The van der Waals surface area contributed by atoms with Crippen LogP contribution >= 0.6 is 0 Å². The Hall–Kier alpha value is -2.21. The average molecular weight is 341 g/mol. The largest absolute Gasteiger partial charge is 0.370 e. The van der Waals surface area contributed by atoms with Crippen molar-refractivity contribution in [2.75, 3.05) is 13.1 Å². The number of piperidine rings is 1. The van der Waals surface area contributed by atoms with Gasteiger partial charge in [0.05, 0.1) is 18.4 Å². The number of likely N-dealkylation sites (tertiary alicyclic amines) is 1. The molecule has 0 spiro atoms. The molecule has 0 bridgehead atoms. The molecule has 1 fully saturated rings. The van der Waals surface area contributed by atoms with Crippen LogP contribution in [0.25, 0.3) is 0 Å². The van der Waals surface area contributed by atoms with E-state index in [1.807, 2.05) is 23.1 Å². The maximum Gasteiger partial charge on any atom is 0.276 e. The first kappa shape index (κ1) is 16.3. The van der Waals surface area contributed by atoms with Crippen molar-refractivity contribution in [3.05, 3.63) is 47.1 Å². The van der Waals surface area contributed by atoms with Crippen molar-refractivity contribution in [1.82, 2.24) is 15.0 Å². The molecule has 0 aromatic carbocycles. The maximum absolute atomic E-state index is 12.9. The molecule has 25 heavy (non-hydrogen) atoms. The lowest BCUT2D eigenvalue weighted by atomic mass is 9.96. The number of pyridine rings is 1. The predicted octanol–water partition coefficient (Wildman–Crippen LogP) is 2.77. The number of carbonyl (C=O) groups is 1. The van der Waals surface area contributed by atoms with E-state index in [0.717, 1.165) is 62.1 Å². The molecule has 0 radical (unpaired) electrons. The Balaban J connectivity index is 1.39. The van der Waals surface area contributed by atoms with Gasteiger partial charge in [-0.25, -0.2) is 0 Å². The number of ether oxygens (including phenoxy) is 1. The molecule has 1 atom stereocenters. The summed E-state index contributed by atoms with van der Waals surface area (Å²) in [5.41, 5.74) is 2.45. The van der Waals surface area contributed by atoms with E-state index >= 15 is 0 Å². The number of aromatic nitrogens is 2. The smallest absolute Gasteiger partial charge is 0.276 e. The molecule has 2 aromatic rings. The minimum atomic E-state index is -0.0157. The fourth-order valence-corrected chi connectivity index (χ4v) is 3.65. The molecule has 1 amide bonds. The zero-order valence-corrected chi connectivity index (χ0v) is 14.3. The van der Waals surface area contributed by atoms with E-state index in [0.29, 0.717) is 18.8 Å². The second kappa shape index (κ2) is 7.35. The second-order valence-electron chi connectivity index (χ2n) is 6.79. The van der Waals surface area contributed by atoms with Crippen molar-refractivity contribution >= 4 is 5.91 Å². The van der Waals surface area contributed by atoms with Gasteiger partial charge in [0.1, 0.15) is 5.76 Å². The first-order valence-corrected chi connectivity index (χ1v) is 9.09. The van der Waals surface area contributed by atoms with E-state index in [2.05, 4.69) is 10.1 Å². The molecule has 2 aromatic heterocycles. The Kier molecular flexibility index (Phi) is 4.78. The molecule has 2 aliphatic rings. The number of carbonyl (C=O) groups excluding carboxylic acids is 1. The van der Waals surface area contributed by atoms with Crippen LogP contribution in [0.2, 0.25) is 0 Å². The van der Waals surface area contributed by atoms with E-state index < -0.39 is 0 Å². The number of nitrogens with zero attached hydrogens (tertiary/aromatic N) is 3.